The van der Waals surface area contributed by atoms with E-state index in [1.165, 1.54) is 0 Å². The molecule has 1 saturated heterocycles. The second-order valence-corrected chi connectivity index (χ2v) is 6.75. The first-order valence-corrected chi connectivity index (χ1v) is 9.11. The number of rotatable bonds is 7. The Morgan fingerprint density at radius 2 is 2.04 bits per heavy atom. The van der Waals surface area contributed by atoms with Crippen LogP contribution in [-0.4, -0.2) is 43.5 Å². The molecule has 7 nitrogen and oxygen atoms in total. The van der Waals surface area contributed by atoms with E-state index < -0.39 is 0 Å². The van der Waals surface area contributed by atoms with Gasteiger partial charge in [-0.15, -0.1) is 4.91 Å². The van der Waals surface area contributed by atoms with Crippen molar-refractivity contribution in [2.24, 2.45) is 10.9 Å². The highest BCUT2D eigenvalue weighted by atomic mass is 16.3. The van der Waals surface area contributed by atoms with E-state index in [0.29, 0.717) is 31.0 Å². The third-order valence-electron chi connectivity index (χ3n) is 5.05. The van der Waals surface area contributed by atoms with Gasteiger partial charge in [0.25, 0.3) is 0 Å². The molecular weight excluding hydrogens is 342 g/mol. The number of piperazine rings is 1. The molecule has 3 N–H and O–H groups in total. The molecule has 2 unspecified atom stereocenters. The van der Waals surface area contributed by atoms with E-state index in [9.17, 15) is 9.70 Å². The van der Waals surface area contributed by atoms with Gasteiger partial charge in [0, 0.05) is 37.9 Å². The predicted octanol–water partition coefficient (Wildman–Crippen LogP) is 2.86. The lowest BCUT2D eigenvalue weighted by atomic mass is 10.1. The van der Waals surface area contributed by atoms with Crippen molar-refractivity contribution in [2.45, 2.75) is 19.0 Å². The van der Waals surface area contributed by atoms with E-state index in [2.05, 4.69) is 15.4 Å². The van der Waals surface area contributed by atoms with Gasteiger partial charge in [-0.2, -0.15) is 0 Å². The maximum Gasteiger partial charge on any atom is 0.210 e. The molecule has 1 fully saturated rings. The third-order valence-corrected chi connectivity index (χ3v) is 5.05. The summed E-state index contributed by atoms with van der Waals surface area (Å²) in [7, 11) is 0. The zero-order chi connectivity index (χ0) is 19.2. The van der Waals surface area contributed by atoms with Gasteiger partial charge in [-0.05, 0) is 35.9 Å². The maximum absolute atomic E-state index is 11.2. The minimum Gasteiger partial charge on any atom is -0.377 e. The Morgan fingerprint density at radius 3 is 2.70 bits per heavy atom. The number of carbonyl (C=O) groups is 1. The van der Waals surface area contributed by atoms with Crippen LogP contribution in [0.1, 0.15) is 18.5 Å². The quantitative estimate of drug-likeness (QED) is 0.580. The summed E-state index contributed by atoms with van der Waals surface area (Å²) in [5, 5.41) is 6.54. The molecular formula is C20H25N5O2. The molecule has 0 radical (unpaired) electrons. The number of nitrogens with zero attached hydrogens (tertiary/aromatic N) is 3. The fourth-order valence-electron chi connectivity index (χ4n) is 3.43. The van der Waals surface area contributed by atoms with Crippen molar-refractivity contribution in [1.82, 2.24) is 4.90 Å². The Labute approximate surface area is 159 Å². The number of benzene rings is 2. The van der Waals surface area contributed by atoms with Crippen LogP contribution in [0.15, 0.2) is 53.7 Å². The minimum atomic E-state index is -0.0141. The van der Waals surface area contributed by atoms with Crippen LogP contribution in [0.4, 0.5) is 17.1 Å². The highest BCUT2D eigenvalue weighted by molar-refractivity contribution is 5.72. The van der Waals surface area contributed by atoms with Crippen LogP contribution in [-0.2, 0) is 4.79 Å². The molecule has 0 bridgehead atoms. The molecule has 1 aliphatic rings. The number of nitrogens with two attached hydrogens (primary N) is 1. The molecule has 2 aromatic carbocycles. The van der Waals surface area contributed by atoms with Crippen molar-refractivity contribution in [1.29, 1.82) is 0 Å². The number of anilines is 2. The summed E-state index contributed by atoms with van der Waals surface area (Å²) < 4.78 is 0. The molecule has 2 atom stereocenters. The van der Waals surface area contributed by atoms with Gasteiger partial charge in [0.05, 0.1) is 11.7 Å². The standard InChI is InChI=1S/C20H25N5O2/c1-15(16-5-3-2-4-6-16)22-20-11-17(7-8-19(20)23-27)24-9-10-25(14-26)18(12-21)13-24/h2-8,11,14-15,18,22H,9-10,12-13,21H2,1H3. The molecule has 1 heterocycles. The Kier molecular flexibility index (Phi) is 6.03. The van der Waals surface area contributed by atoms with Crippen LogP contribution in [0.3, 0.4) is 0 Å². The van der Waals surface area contributed by atoms with Crippen molar-refractivity contribution < 1.29 is 4.79 Å². The molecule has 1 amide bonds. The summed E-state index contributed by atoms with van der Waals surface area (Å²) in [6.07, 6.45) is 0.864. The lowest BCUT2D eigenvalue weighted by molar-refractivity contribution is -0.120. The van der Waals surface area contributed by atoms with Crippen molar-refractivity contribution in [3.8, 4) is 0 Å². The Hall–Kier alpha value is -2.93. The zero-order valence-electron chi connectivity index (χ0n) is 15.4. The second-order valence-electron chi connectivity index (χ2n) is 6.75. The summed E-state index contributed by atoms with van der Waals surface area (Å²) in [4.78, 5) is 26.3. The van der Waals surface area contributed by atoms with E-state index in [-0.39, 0.29) is 12.1 Å². The predicted molar refractivity (Wildman–Crippen MR) is 108 cm³/mol. The molecule has 27 heavy (non-hydrogen) atoms. The molecule has 142 valence electrons. The number of nitroso groups, excluding NO2 is 1. The number of amides is 1. The number of hydrogen-bond acceptors (Lipinski definition) is 6. The molecule has 0 aromatic heterocycles. The number of nitrogens with one attached hydrogen (secondary N) is 1. The number of hydrogen-bond donors (Lipinski definition) is 2. The Morgan fingerprint density at radius 1 is 1.26 bits per heavy atom. The van der Waals surface area contributed by atoms with Crippen LogP contribution in [0.25, 0.3) is 0 Å². The first-order valence-electron chi connectivity index (χ1n) is 9.11. The van der Waals surface area contributed by atoms with Gasteiger partial charge < -0.3 is 20.9 Å². The molecule has 0 aliphatic carbocycles. The van der Waals surface area contributed by atoms with Crippen LogP contribution >= 0.6 is 0 Å². The topological polar surface area (TPSA) is 91.0 Å². The van der Waals surface area contributed by atoms with Crippen LogP contribution < -0.4 is 16.0 Å². The van der Waals surface area contributed by atoms with Crippen molar-refractivity contribution >= 4 is 23.5 Å². The average Bonchev–Trinajstić information content (AvgIpc) is 2.73. The lowest BCUT2D eigenvalue weighted by Crippen LogP contribution is -2.55. The fourth-order valence-corrected chi connectivity index (χ4v) is 3.43. The van der Waals surface area contributed by atoms with Gasteiger partial charge in [0.15, 0.2) is 0 Å². The first kappa shape index (κ1) is 18.8. The zero-order valence-corrected chi connectivity index (χ0v) is 15.4. The molecule has 1 aliphatic heterocycles. The first-order chi connectivity index (χ1) is 13.2. The van der Waals surface area contributed by atoms with Gasteiger partial charge in [-0.25, -0.2) is 0 Å². The van der Waals surface area contributed by atoms with Crippen molar-refractivity contribution in [2.75, 3.05) is 36.4 Å². The summed E-state index contributed by atoms with van der Waals surface area (Å²) in [6.45, 7) is 4.47. The van der Waals surface area contributed by atoms with E-state index in [4.69, 9.17) is 5.73 Å². The SMILES string of the molecule is CC(Nc1cc(N2CCN(C=O)C(CN)C2)ccc1N=O)c1ccccc1. The molecule has 2 aromatic rings. The van der Waals surface area contributed by atoms with E-state index in [0.717, 1.165) is 24.2 Å². The second kappa shape index (κ2) is 8.64. The molecule has 3 rings (SSSR count). The van der Waals surface area contributed by atoms with Crippen LogP contribution in [0.5, 0.6) is 0 Å². The summed E-state index contributed by atoms with van der Waals surface area (Å²) in [6, 6.07) is 15.6. The summed E-state index contributed by atoms with van der Waals surface area (Å²) in [5.74, 6) is 0. The third kappa shape index (κ3) is 4.25. The highest BCUT2D eigenvalue weighted by Gasteiger charge is 2.25. The normalized spacial score (nSPS) is 18.1. The van der Waals surface area contributed by atoms with Gasteiger partial charge in [0.2, 0.25) is 6.41 Å². The van der Waals surface area contributed by atoms with Gasteiger partial charge >= 0.3 is 0 Å². The van der Waals surface area contributed by atoms with Crippen LogP contribution in [0, 0.1) is 4.91 Å². The molecule has 0 saturated carbocycles. The Balaban J connectivity index is 1.81. The minimum absolute atomic E-state index is 0.0141. The van der Waals surface area contributed by atoms with Crippen molar-refractivity contribution in [3.63, 3.8) is 0 Å². The fraction of sp³-hybridized carbons (Fsp3) is 0.350. The number of carbonyl (C=O) groups excluding carboxylic acids is 1. The Bertz CT molecular complexity index is 783. The van der Waals surface area contributed by atoms with Gasteiger partial charge in [0.1, 0.15) is 5.69 Å². The maximum atomic E-state index is 11.2. The van der Waals surface area contributed by atoms with Crippen LogP contribution in [0.2, 0.25) is 0 Å². The van der Waals surface area contributed by atoms with E-state index >= 15 is 0 Å². The average molecular weight is 367 g/mol. The van der Waals surface area contributed by atoms with Crippen molar-refractivity contribution in [3.05, 3.63) is 59.0 Å². The smallest absolute Gasteiger partial charge is 0.210 e. The molecule has 7 heteroatoms. The largest absolute Gasteiger partial charge is 0.377 e. The van der Waals surface area contributed by atoms with E-state index in [1.807, 2.05) is 49.4 Å². The van der Waals surface area contributed by atoms with E-state index in [1.54, 1.807) is 11.0 Å². The molecule has 0 spiro atoms. The monoisotopic (exact) mass is 367 g/mol. The van der Waals surface area contributed by atoms with Gasteiger partial charge in [-0.3, -0.25) is 4.79 Å². The summed E-state index contributed by atoms with van der Waals surface area (Å²) >= 11 is 0. The lowest BCUT2D eigenvalue weighted by Gasteiger charge is -2.40. The van der Waals surface area contributed by atoms with Gasteiger partial charge in [-0.1, -0.05) is 30.3 Å². The highest BCUT2D eigenvalue weighted by Crippen LogP contribution is 2.33. The summed E-state index contributed by atoms with van der Waals surface area (Å²) in [5.41, 5.74) is 9.00.